The minimum absolute atomic E-state index is 0.0215. The van der Waals surface area contributed by atoms with Crippen LogP contribution in [0.15, 0.2) is 18.7 Å². The van der Waals surface area contributed by atoms with Crippen molar-refractivity contribution in [2.45, 2.75) is 58.9 Å². The first kappa shape index (κ1) is 17.7. The number of aliphatic hydroxyl groups is 1. The number of aliphatic hydroxyl groups excluding tert-OH is 1. The molecule has 1 unspecified atom stereocenters. The quantitative estimate of drug-likeness (QED) is 0.697. The highest BCUT2D eigenvalue weighted by molar-refractivity contribution is 5.76. The average molecular weight is 295 g/mol. The van der Waals surface area contributed by atoms with Gasteiger partial charge in [-0.2, -0.15) is 0 Å². The lowest BCUT2D eigenvalue weighted by molar-refractivity contribution is -0.122. The first-order valence-electron chi connectivity index (χ1n) is 7.83. The van der Waals surface area contributed by atoms with E-state index in [0.29, 0.717) is 13.0 Å². The van der Waals surface area contributed by atoms with Crippen molar-refractivity contribution in [2.75, 3.05) is 13.2 Å². The highest BCUT2D eigenvalue weighted by atomic mass is 16.2. The molecular weight excluding hydrogens is 266 g/mol. The number of imidazole rings is 1. The van der Waals surface area contributed by atoms with Crippen LogP contribution >= 0.6 is 0 Å². The molecule has 1 aromatic heterocycles. The number of nitrogens with one attached hydrogen (secondary N) is 1. The maximum absolute atomic E-state index is 12.1. The van der Waals surface area contributed by atoms with Gasteiger partial charge in [-0.25, -0.2) is 4.98 Å². The van der Waals surface area contributed by atoms with E-state index in [1.54, 1.807) is 12.5 Å². The standard InChI is InChI=1S/C16H29N3O2/c1-4-6-14(19-9-8-17-13-19)11-15(21)18-12-16(2,3)7-5-10-20/h8-9,13-14,20H,4-7,10-12H2,1-3H3,(H,18,21). The molecule has 1 atom stereocenters. The van der Waals surface area contributed by atoms with Crippen LogP contribution in [0.2, 0.25) is 0 Å². The highest BCUT2D eigenvalue weighted by Crippen LogP contribution is 2.22. The van der Waals surface area contributed by atoms with E-state index < -0.39 is 0 Å². The summed E-state index contributed by atoms with van der Waals surface area (Å²) in [4.78, 5) is 16.2. The third kappa shape index (κ3) is 6.76. The Balaban J connectivity index is 2.44. The number of amides is 1. The summed E-state index contributed by atoms with van der Waals surface area (Å²) in [5.74, 6) is 0.0826. The van der Waals surface area contributed by atoms with E-state index in [2.05, 4.69) is 31.1 Å². The van der Waals surface area contributed by atoms with Crippen LogP contribution in [0.1, 0.15) is 58.9 Å². The van der Waals surface area contributed by atoms with Gasteiger partial charge in [0.1, 0.15) is 0 Å². The van der Waals surface area contributed by atoms with Crippen LogP contribution < -0.4 is 5.32 Å². The fraction of sp³-hybridized carbons (Fsp3) is 0.750. The zero-order valence-corrected chi connectivity index (χ0v) is 13.5. The molecule has 0 fully saturated rings. The minimum Gasteiger partial charge on any atom is -0.396 e. The van der Waals surface area contributed by atoms with Crippen molar-refractivity contribution in [1.82, 2.24) is 14.9 Å². The van der Waals surface area contributed by atoms with Crippen LogP contribution in [0.4, 0.5) is 0 Å². The number of aromatic nitrogens is 2. The van der Waals surface area contributed by atoms with Gasteiger partial charge in [-0.15, -0.1) is 0 Å². The lowest BCUT2D eigenvalue weighted by atomic mass is 9.88. The fourth-order valence-corrected chi connectivity index (χ4v) is 2.45. The zero-order chi connectivity index (χ0) is 15.7. The van der Waals surface area contributed by atoms with E-state index in [9.17, 15) is 4.79 Å². The average Bonchev–Trinajstić information content (AvgIpc) is 2.97. The lowest BCUT2D eigenvalue weighted by Gasteiger charge is -2.25. The number of carbonyl (C=O) groups is 1. The largest absolute Gasteiger partial charge is 0.396 e. The maximum atomic E-state index is 12.1. The molecule has 2 N–H and O–H groups in total. The summed E-state index contributed by atoms with van der Waals surface area (Å²) in [6, 6.07) is 0.179. The summed E-state index contributed by atoms with van der Waals surface area (Å²) >= 11 is 0. The van der Waals surface area contributed by atoms with E-state index in [4.69, 9.17) is 5.11 Å². The molecule has 0 radical (unpaired) electrons. The molecule has 1 heterocycles. The molecule has 1 aromatic rings. The number of hydrogen-bond acceptors (Lipinski definition) is 3. The monoisotopic (exact) mass is 295 g/mol. The molecule has 1 rings (SSSR count). The van der Waals surface area contributed by atoms with Crippen molar-refractivity contribution in [3.63, 3.8) is 0 Å². The van der Waals surface area contributed by atoms with E-state index in [1.165, 1.54) is 0 Å². The van der Waals surface area contributed by atoms with Gasteiger partial charge in [0.15, 0.2) is 0 Å². The van der Waals surface area contributed by atoms with E-state index in [1.807, 2.05) is 10.8 Å². The number of rotatable bonds is 10. The van der Waals surface area contributed by atoms with Gasteiger partial charge in [-0.1, -0.05) is 27.2 Å². The summed E-state index contributed by atoms with van der Waals surface area (Å²) < 4.78 is 2.01. The topological polar surface area (TPSA) is 67.2 Å². The highest BCUT2D eigenvalue weighted by Gasteiger charge is 2.20. The van der Waals surface area contributed by atoms with Gasteiger partial charge in [0.05, 0.1) is 6.33 Å². The second kappa shape index (κ2) is 8.82. The predicted octanol–water partition coefficient (Wildman–Crippen LogP) is 2.53. The third-order valence-corrected chi connectivity index (χ3v) is 3.77. The number of carbonyl (C=O) groups excluding carboxylic acids is 1. The van der Waals surface area contributed by atoms with Gasteiger partial charge in [0.25, 0.3) is 0 Å². The van der Waals surface area contributed by atoms with E-state index >= 15 is 0 Å². The smallest absolute Gasteiger partial charge is 0.222 e. The van der Waals surface area contributed by atoms with Crippen LogP contribution in [0.5, 0.6) is 0 Å². The molecule has 1 amide bonds. The summed E-state index contributed by atoms with van der Waals surface area (Å²) in [7, 11) is 0. The molecule has 0 aliphatic carbocycles. The Kier molecular flexibility index (Phi) is 7.43. The second-order valence-corrected chi connectivity index (χ2v) is 6.42. The molecule has 5 nitrogen and oxygen atoms in total. The Bertz CT molecular complexity index is 402. The summed E-state index contributed by atoms with van der Waals surface area (Å²) in [5.41, 5.74) is 0.0215. The van der Waals surface area contributed by atoms with Crippen LogP contribution in [-0.4, -0.2) is 33.7 Å². The van der Waals surface area contributed by atoms with Crippen LogP contribution in [-0.2, 0) is 4.79 Å². The Morgan fingerprint density at radius 3 is 2.81 bits per heavy atom. The SMILES string of the molecule is CCCC(CC(=O)NCC(C)(C)CCCO)n1ccnc1. The Labute approximate surface area is 127 Å². The minimum atomic E-state index is 0.0215. The molecule has 0 saturated heterocycles. The van der Waals surface area contributed by atoms with Crippen molar-refractivity contribution in [3.05, 3.63) is 18.7 Å². The Hall–Kier alpha value is -1.36. The van der Waals surface area contributed by atoms with Crippen molar-refractivity contribution in [1.29, 1.82) is 0 Å². The van der Waals surface area contributed by atoms with Crippen LogP contribution in [0.3, 0.4) is 0 Å². The first-order chi connectivity index (χ1) is 9.98. The van der Waals surface area contributed by atoms with Gasteiger partial charge in [-0.05, 0) is 24.7 Å². The van der Waals surface area contributed by atoms with Gasteiger partial charge >= 0.3 is 0 Å². The Morgan fingerprint density at radius 1 is 1.48 bits per heavy atom. The first-order valence-corrected chi connectivity index (χ1v) is 7.83. The predicted molar refractivity (Wildman–Crippen MR) is 83.9 cm³/mol. The van der Waals surface area contributed by atoms with Crippen molar-refractivity contribution in [3.8, 4) is 0 Å². The molecule has 21 heavy (non-hydrogen) atoms. The number of nitrogens with zero attached hydrogens (tertiary/aromatic N) is 2. The van der Waals surface area contributed by atoms with Crippen molar-refractivity contribution in [2.24, 2.45) is 5.41 Å². The van der Waals surface area contributed by atoms with E-state index in [0.717, 1.165) is 25.7 Å². The van der Waals surface area contributed by atoms with Crippen LogP contribution in [0.25, 0.3) is 0 Å². The molecule has 120 valence electrons. The molecule has 0 aliphatic rings. The second-order valence-electron chi connectivity index (χ2n) is 6.42. The molecule has 0 aromatic carbocycles. The molecule has 0 spiro atoms. The normalized spacial score (nSPS) is 13.1. The summed E-state index contributed by atoms with van der Waals surface area (Å²) in [6.07, 6.45) is 9.62. The van der Waals surface area contributed by atoms with Gasteiger partial charge < -0.3 is 15.0 Å². The Morgan fingerprint density at radius 2 is 2.24 bits per heavy atom. The van der Waals surface area contributed by atoms with Crippen molar-refractivity contribution < 1.29 is 9.90 Å². The summed E-state index contributed by atoms with van der Waals surface area (Å²) in [6.45, 7) is 7.20. The van der Waals surface area contributed by atoms with Crippen LogP contribution in [0, 0.1) is 5.41 Å². The molecular formula is C16H29N3O2. The lowest BCUT2D eigenvalue weighted by Crippen LogP contribution is -2.35. The molecule has 0 saturated carbocycles. The third-order valence-electron chi connectivity index (χ3n) is 3.77. The molecule has 5 heteroatoms. The van der Waals surface area contributed by atoms with Gasteiger partial charge in [0.2, 0.25) is 5.91 Å². The molecule has 0 aliphatic heterocycles. The maximum Gasteiger partial charge on any atom is 0.222 e. The van der Waals surface area contributed by atoms with E-state index in [-0.39, 0.29) is 24.0 Å². The van der Waals surface area contributed by atoms with Crippen molar-refractivity contribution >= 4 is 5.91 Å². The zero-order valence-electron chi connectivity index (χ0n) is 13.5. The fourth-order valence-electron chi connectivity index (χ4n) is 2.45. The summed E-state index contributed by atoms with van der Waals surface area (Å²) in [5, 5.41) is 11.9. The van der Waals surface area contributed by atoms with Gasteiger partial charge in [0, 0.05) is 38.0 Å². The van der Waals surface area contributed by atoms with Gasteiger partial charge in [-0.3, -0.25) is 4.79 Å². The number of hydrogen-bond donors (Lipinski definition) is 2. The molecule has 0 bridgehead atoms.